The SMILES string of the molecule is CN1C2CCC1CN(c1cccnc1-c1ccccc1SCc1ccccc1)CC2. The molecule has 1 aromatic heterocycles. The van der Waals surface area contributed by atoms with E-state index in [0.717, 1.165) is 30.6 Å². The number of aromatic nitrogens is 1. The lowest BCUT2D eigenvalue weighted by Gasteiger charge is -2.29. The smallest absolute Gasteiger partial charge is 0.0946 e. The molecule has 2 aliphatic heterocycles. The van der Waals surface area contributed by atoms with Gasteiger partial charge in [-0.15, -0.1) is 11.8 Å². The van der Waals surface area contributed by atoms with Crippen molar-refractivity contribution in [1.29, 1.82) is 0 Å². The molecule has 0 N–H and O–H groups in total. The second-order valence-corrected chi connectivity index (χ2v) is 9.44. The van der Waals surface area contributed by atoms with Crippen LogP contribution in [0.5, 0.6) is 0 Å². The van der Waals surface area contributed by atoms with Crippen LogP contribution in [0.1, 0.15) is 24.8 Å². The maximum atomic E-state index is 4.88. The van der Waals surface area contributed by atoms with Gasteiger partial charge in [-0.2, -0.15) is 0 Å². The summed E-state index contributed by atoms with van der Waals surface area (Å²) < 4.78 is 0. The third kappa shape index (κ3) is 3.99. The minimum atomic E-state index is 0.660. The van der Waals surface area contributed by atoms with Gasteiger partial charge in [0.25, 0.3) is 0 Å². The summed E-state index contributed by atoms with van der Waals surface area (Å²) in [4.78, 5) is 11.4. The maximum Gasteiger partial charge on any atom is 0.0946 e. The Morgan fingerprint density at radius 3 is 2.60 bits per heavy atom. The van der Waals surface area contributed by atoms with E-state index < -0.39 is 0 Å². The van der Waals surface area contributed by atoms with Crippen molar-refractivity contribution < 1.29 is 0 Å². The number of benzene rings is 2. The fourth-order valence-electron chi connectivity index (χ4n) is 4.91. The highest BCUT2D eigenvalue weighted by molar-refractivity contribution is 7.98. The Hall–Kier alpha value is -2.30. The van der Waals surface area contributed by atoms with Gasteiger partial charge in [0, 0.05) is 47.6 Å². The van der Waals surface area contributed by atoms with Crippen molar-refractivity contribution in [3.8, 4) is 11.3 Å². The summed E-state index contributed by atoms with van der Waals surface area (Å²) in [6, 6.07) is 25.2. The molecule has 2 fully saturated rings. The molecule has 0 amide bonds. The number of rotatable bonds is 5. The summed E-state index contributed by atoms with van der Waals surface area (Å²) in [7, 11) is 2.31. The third-order valence-electron chi connectivity index (χ3n) is 6.65. The molecule has 30 heavy (non-hydrogen) atoms. The number of pyridine rings is 1. The van der Waals surface area contributed by atoms with E-state index in [2.05, 4.69) is 83.6 Å². The lowest BCUT2D eigenvalue weighted by atomic mass is 10.1. The second-order valence-electron chi connectivity index (χ2n) is 8.43. The predicted molar refractivity (Wildman–Crippen MR) is 127 cm³/mol. The summed E-state index contributed by atoms with van der Waals surface area (Å²) in [5.41, 5.74) is 5.00. The average molecular weight is 416 g/mol. The summed E-state index contributed by atoms with van der Waals surface area (Å²) >= 11 is 1.90. The highest BCUT2D eigenvalue weighted by atomic mass is 32.2. The largest absolute Gasteiger partial charge is 0.368 e. The topological polar surface area (TPSA) is 19.4 Å². The van der Waals surface area contributed by atoms with E-state index in [1.807, 2.05) is 18.0 Å². The molecule has 2 atom stereocenters. The van der Waals surface area contributed by atoms with Crippen molar-refractivity contribution in [2.75, 3.05) is 25.0 Å². The van der Waals surface area contributed by atoms with Crippen LogP contribution in [0.15, 0.2) is 77.8 Å². The molecule has 154 valence electrons. The first-order valence-corrected chi connectivity index (χ1v) is 12.0. The number of nitrogens with zero attached hydrogens (tertiary/aromatic N) is 3. The van der Waals surface area contributed by atoms with Gasteiger partial charge in [-0.25, -0.2) is 0 Å². The Kier molecular flexibility index (Phi) is 5.78. The summed E-state index contributed by atoms with van der Waals surface area (Å²) in [6.07, 6.45) is 5.85. The fraction of sp³-hybridized carbons (Fsp3) is 0.346. The van der Waals surface area contributed by atoms with Crippen LogP contribution in [0.3, 0.4) is 0 Å². The molecule has 5 rings (SSSR count). The molecule has 2 bridgehead atoms. The fourth-order valence-corrected chi connectivity index (χ4v) is 5.92. The number of thioether (sulfide) groups is 1. The molecule has 0 saturated carbocycles. The molecule has 0 radical (unpaired) electrons. The monoisotopic (exact) mass is 415 g/mol. The van der Waals surface area contributed by atoms with Gasteiger partial charge in [-0.3, -0.25) is 9.88 Å². The van der Waals surface area contributed by atoms with E-state index >= 15 is 0 Å². The Bertz CT molecular complexity index is 990. The van der Waals surface area contributed by atoms with Gasteiger partial charge in [-0.05, 0) is 50.1 Å². The zero-order chi connectivity index (χ0) is 20.3. The van der Waals surface area contributed by atoms with Crippen LogP contribution >= 0.6 is 11.8 Å². The number of hydrogen-bond donors (Lipinski definition) is 0. The lowest BCUT2D eigenvalue weighted by Crippen LogP contribution is -2.36. The molecule has 3 aromatic rings. The Morgan fingerprint density at radius 2 is 1.70 bits per heavy atom. The molecular formula is C26H29N3S. The molecule has 3 nitrogen and oxygen atoms in total. The Balaban J connectivity index is 1.44. The van der Waals surface area contributed by atoms with Crippen molar-refractivity contribution in [3.63, 3.8) is 0 Å². The van der Waals surface area contributed by atoms with Crippen molar-refractivity contribution >= 4 is 17.4 Å². The van der Waals surface area contributed by atoms with Crippen LogP contribution in [-0.4, -0.2) is 42.1 Å². The van der Waals surface area contributed by atoms with Crippen LogP contribution in [0.4, 0.5) is 5.69 Å². The van der Waals surface area contributed by atoms with Crippen LogP contribution < -0.4 is 4.90 Å². The Labute approximate surface area is 184 Å². The van der Waals surface area contributed by atoms with Crippen molar-refractivity contribution in [2.24, 2.45) is 0 Å². The number of fused-ring (bicyclic) bond motifs is 2. The van der Waals surface area contributed by atoms with Gasteiger partial charge < -0.3 is 4.90 Å². The first-order chi connectivity index (χ1) is 14.8. The quantitative estimate of drug-likeness (QED) is 0.497. The minimum Gasteiger partial charge on any atom is -0.368 e. The normalized spacial score (nSPS) is 21.6. The molecule has 0 aliphatic carbocycles. The zero-order valence-corrected chi connectivity index (χ0v) is 18.4. The number of likely N-dealkylation sites (N-methyl/N-ethyl adjacent to an activating group) is 1. The number of hydrogen-bond acceptors (Lipinski definition) is 4. The molecular weight excluding hydrogens is 386 g/mol. The first kappa shape index (κ1) is 19.7. The van der Waals surface area contributed by atoms with Gasteiger partial charge in [0.15, 0.2) is 0 Å². The minimum absolute atomic E-state index is 0.660. The molecule has 2 aliphatic rings. The van der Waals surface area contributed by atoms with Gasteiger partial charge >= 0.3 is 0 Å². The van der Waals surface area contributed by atoms with Crippen molar-refractivity contribution in [2.45, 2.75) is 42.0 Å². The van der Waals surface area contributed by atoms with Crippen molar-refractivity contribution in [3.05, 3.63) is 78.5 Å². The third-order valence-corrected chi connectivity index (χ3v) is 7.80. The zero-order valence-electron chi connectivity index (χ0n) is 17.6. The maximum absolute atomic E-state index is 4.88. The van der Waals surface area contributed by atoms with E-state index in [0.29, 0.717) is 6.04 Å². The summed E-state index contributed by atoms with van der Waals surface area (Å²) in [5, 5.41) is 0. The predicted octanol–water partition coefficient (Wildman–Crippen LogP) is 5.71. The molecule has 2 unspecified atom stereocenters. The molecule has 3 heterocycles. The molecule has 2 saturated heterocycles. The first-order valence-electron chi connectivity index (χ1n) is 11.0. The molecule has 0 spiro atoms. The second kappa shape index (κ2) is 8.83. The van der Waals surface area contributed by atoms with E-state index in [4.69, 9.17) is 4.98 Å². The van der Waals surface area contributed by atoms with Gasteiger partial charge in [-0.1, -0.05) is 48.5 Å². The van der Waals surface area contributed by atoms with E-state index in [-0.39, 0.29) is 0 Å². The van der Waals surface area contributed by atoms with Crippen molar-refractivity contribution in [1.82, 2.24) is 9.88 Å². The lowest BCUT2D eigenvalue weighted by molar-refractivity contribution is 0.254. The summed E-state index contributed by atoms with van der Waals surface area (Å²) in [5.74, 6) is 0.971. The van der Waals surface area contributed by atoms with Gasteiger partial charge in [0.1, 0.15) is 0 Å². The van der Waals surface area contributed by atoms with Crippen LogP contribution in [-0.2, 0) is 5.75 Å². The standard InChI is InChI=1S/C26H29N3S/c1-28-21-13-14-22(28)18-29(17-15-21)24-11-7-16-27-26(24)23-10-5-6-12-25(23)30-19-20-8-3-2-4-9-20/h2-12,16,21-22H,13-15,17-19H2,1H3. The highest BCUT2D eigenvalue weighted by Gasteiger charge is 2.35. The van der Waals surface area contributed by atoms with Gasteiger partial charge in [0.05, 0.1) is 11.4 Å². The molecule has 2 aromatic carbocycles. The van der Waals surface area contributed by atoms with E-state index in [1.54, 1.807) is 0 Å². The molecule has 4 heteroatoms. The van der Waals surface area contributed by atoms with Crippen LogP contribution in [0.2, 0.25) is 0 Å². The van der Waals surface area contributed by atoms with E-state index in [1.165, 1.54) is 41.0 Å². The van der Waals surface area contributed by atoms with E-state index in [9.17, 15) is 0 Å². The number of anilines is 1. The highest BCUT2D eigenvalue weighted by Crippen LogP contribution is 2.38. The Morgan fingerprint density at radius 1 is 0.900 bits per heavy atom. The van der Waals surface area contributed by atoms with Crippen LogP contribution in [0.25, 0.3) is 11.3 Å². The summed E-state index contributed by atoms with van der Waals surface area (Å²) in [6.45, 7) is 2.22. The average Bonchev–Trinajstić information content (AvgIpc) is 3.05. The van der Waals surface area contributed by atoms with Gasteiger partial charge in [0.2, 0.25) is 0 Å². The van der Waals surface area contributed by atoms with Crippen LogP contribution in [0, 0.1) is 0 Å².